The standard InChI is InChI=1S/C30H23NO2/c1-30(2)23-15-9-10-16-24(23)31(21-13-7-4-8-14-21)25-18-17-22-26(32)19-27(33-29(22)28(25)30)20-11-5-3-6-12-20/h3-19H,1-2H3. The summed E-state index contributed by atoms with van der Waals surface area (Å²) in [6.45, 7) is 4.42. The number of benzene rings is 4. The fourth-order valence-corrected chi connectivity index (χ4v) is 5.06. The Balaban J connectivity index is 1.72. The van der Waals surface area contributed by atoms with Crippen molar-refractivity contribution in [3.63, 3.8) is 0 Å². The second-order valence-corrected chi connectivity index (χ2v) is 8.99. The van der Waals surface area contributed by atoms with E-state index in [-0.39, 0.29) is 10.8 Å². The largest absolute Gasteiger partial charge is 0.455 e. The highest BCUT2D eigenvalue weighted by Crippen LogP contribution is 2.53. The van der Waals surface area contributed by atoms with Crippen LogP contribution in [-0.4, -0.2) is 0 Å². The Hall–Kier alpha value is -4.11. The van der Waals surface area contributed by atoms with Crippen molar-refractivity contribution in [3.8, 4) is 11.3 Å². The zero-order valence-electron chi connectivity index (χ0n) is 18.6. The first-order valence-electron chi connectivity index (χ1n) is 11.2. The molecule has 0 N–H and O–H groups in total. The lowest BCUT2D eigenvalue weighted by molar-refractivity contribution is 0.579. The van der Waals surface area contributed by atoms with Crippen LogP contribution in [-0.2, 0) is 5.41 Å². The monoisotopic (exact) mass is 429 g/mol. The van der Waals surface area contributed by atoms with Gasteiger partial charge in [-0.1, -0.05) is 80.6 Å². The molecule has 0 unspecified atom stereocenters. The van der Waals surface area contributed by atoms with Crippen molar-refractivity contribution in [1.82, 2.24) is 0 Å². The molecule has 1 aromatic heterocycles. The highest BCUT2D eigenvalue weighted by Gasteiger charge is 2.39. The Morgan fingerprint density at radius 2 is 1.39 bits per heavy atom. The molecule has 160 valence electrons. The number of para-hydroxylation sites is 2. The van der Waals surface area contributed by atoms with Crippen LogP contribution in [0.5, 0.6) is 0 Å². The molecule has 4 aromatic carbocycles. The average molecular weight is 430 g/mol. The molecule has 1 aliphatic rings. The molecule has 0 fully saturated rings. The van der Waals surface area contributed by atoms with Crippen LogP contribution >= 0.6 is 0 Å². The van der Waals surface area contributed by atoms with Crippen LogP contribution in [0, 0.1) is 0 Å². The van der Waals surface area contributed by atoms with Gasteiger partial charge in [0.25, 0.3) is 0 Å². The summed E-state index contributed by atoms with van der Waals surface area (Å²) in [5.74, 6) is 0.586. The van der Waals surface area contributed by atoms with Crippen molar-refractivity contribution >= 4 is 28.0 Å². The summed E-state index contributed by atoms with van der Waals surface area (Å²) < 4.78 is 6.54. The van der Waals surface area contributed by atoms with Gasteiger partial charge in [-0.3, -0.25) is 4.79 Å². The first-order chi connectivity index (χ1) is 16.1. The zero-order valence-corrected chi connectivity index (χ0v) is 18.6. The average Bonchev–Trinajstić information content (AvgIpc) is 2.85. The van der Waals surface area contributed by atoms with Crippen LogP contribution in [0.15, 0.2) is 112 Å². The molecule has 2 heterocycles. The van der Waals surface area contributed by atoms with Gasteiger partial charge in [-0.2, -0.15) is 0 Å². The van der Waals surface area contributed by atoms with E-state index in [9.17, 15) is 4.79 Å². The maximum atomic E-state index is 13.2. The summed E-state index contributed by atoms with van der Waals surface area (Å²) in [5, 5.41) is 0.605. The van der Waals surface area contributed by atoms with Crippen LogP contribution in [0.1, 0.15) is 25.0 Å². The van der Waals surface area contributed by atoms with Crippen LogP contribution < -0.4 is 10.3 Å². The molecule has 0 amide bonds. The Labute approximate surface area is 192 Å². The molecule has 0 bridgehead atoms. The summed E-state index contributed by atoms with van der Waals surface area (Å²) >= 11 is 0. The molecule has 0 aliphatic carbocycles. The lowest BCUT2D eigenvalue weighted by Crippen LogP contribution is -2.31. The van der Waals surface area contributed by atoms with Crippen molar-refractivity contribution in [2.24, 2.45) is 0 Å². The highest BCUT2D eigenvalue weighted by molar-refractivity contribution is 5.95. The maximum Gasteiger partial charge on any atom is 0.193 e. The van der Waals surface area contributed by atoms with Crippen LogP contribution in [0.3, 0.4) is 0 Å². The number of fused-ring (bicyclic) bond motifs is 4. The van der Waals surface area contributed by atoms with Gasteiger partial charge < -0.3 is 9.32 Å². The summed E-state index contributed by atoms with van der Waals surface area (Å²) in [6.07, 6.45) is 0. The fraction of sp³-hybridized carbons (Fsp3) is 0.100. The van der Waals surface area contributed by atoms with Gasteiger partial charge in [0.15, 0.2) is 5.43 Å². The van der Waals surface area contributed by atoms with E-state index in [0.29, 0.717) is 16.7 Å². The molecule has 0 saturated carbocycles. The number of nitrogens with zero attached hydrogens (tertiary/aromatic N) is 1. The molecular formula is C30H23NO2. The van der Waals surface area contributed by atoms with Gasteiger partial charge in [0.05, 0.1) is 16.8 Å². The third kappa shape index (κ3) is 2.93. The molecule has 0 atom stereocenters. The number of rotatable bonds is 2. The van der Waals surface area contributed by atoms with E-state index < -0.39 is 0 Å². The highest BCUT2D eigenvalue weighted by atomic mass is 16.3. The molecule has 1 aliphatic heterocycles. The second-order valence-electron chi connectivity index (χ2n) is 8.99. The normalized spacial score (nSPS) is 14.1. The Bertz CT molecular complexity index is 1550. The SMILES string of the molecule is CC1(C)c2ccccc2N(c2ccccc2)c2ccc3c(=O)cc(-c4ccccc4)oc3c21. The summed E-state index contributed by atoms with van der Waals surface area (Å²) in [6, 6.07) is 34.2. The number of hydrogen-bond acceptors (Lipinski definition) is 3. The van der Waals surface area contributed by atoms with Crippen molar-refractivity contribution in [3.05, 3.63) is 124 Å². The van der Waals surface area contributed by atoms with Crippen molar-refractivity contribution in [1.29, 1.82) is 0 Å². The van der Waals surface area contributed by atoms with E-state index in [1.54, 1.807) is 6.07 Å². The van der Waals surface area contributed by atoms with Gasteiger partial charge in [-0.25, -0.2) is 0 Å². The predicted octanol–water partition coefficient (Wildman–Crippen LogP) is 7.57. The van der Waals surface area contributed by atoms with Crippen molar-refractivity contribution in [2.75, 3.05) is 4.90 Å². The van der Waals surface area contributed by atoms with Crippen molar-refractivity contribution < 1.29 is 4.42 Å². The van der Waals surface area contributed by atoms with Gasteiger partial charge in [0.1, 0.15) is 11.3 Å². The van der Waals surface area contributed by atoms with Crippen molar-refractivity contribution in [2.45, 2.75) is 19.3 Å². The lowest BCUT2D eigenvalue weighted by Gasteiger charge is -2.42. The summed E-state index contributed by atoms with van der Waals surface area (Å²) in [5.41, 5.74) is 6.62. The van der Waals surface area contributed by atoms with Gasteiger partial charge in [-0.15, -0.1) is 0 Å². The smallest absolute Gasteiger partial charge is 0.193 e. The minimum atomic E-state index is -0.359. The van der Waals surface area contributed by atoms with Gasteiger partial charge in [0.2, 0.25) is 0 Å². The van der Waals surface area contributed by atoms with Crippen LogP contribution in [0.4, 0.5) is 17.1 Å². The number of anilines is 3. The molecule has 0 spiro atoms. The van der Waals surface area contributed by atoms with Gasteiger partial charge >= 0.3 is 0 Å². The van der Waals surface area contributed by atoms with E-state index in [1.165, 1.54) is 5.56 Å². The van der Waals surface area contributed by atoms with Gasteiger partial charge in [-0.05, 0) is 35.9 Å². The van der Waals surface area contributed by atoms with E-state index in [2.05, 4.69) is 61.2 Å². The Morgan fingerprint density at radius 3 is 2.15 bits per heavy atom. The lowest BCUT2D eigenvalue weighted by atomic mass is 9.73. The molecule has 3 nitrogen and oxygen atoms in total. The van der Waals surface area contributed by atoms with E-state index in [1.807, 2.05) is 54.6 Å². The summed E-state index contributed by atoms with van der Waals surface area (Å²) in [4.78, 5) is 15.5. The summed E-state index contributed by atoms with van der Waals surface area (Å²) in [7, 11) is 0. The minimum Gasteiger partial charge on any atom is -0.455 e. The second kappa shape index (κ2) is 7.21. The topological polar surface area (TPSA) is 33.5 Å². The number of hydrogen-bond donors (Lipinski definition) is 0. The van der Waals surface area contributed by atoms with E-state index in [4.69, 9.17) is 4.42 Å². The molecule has 33 heavy (non-hydrogen) atoms. The van der Waals surface area contributed by atoms with E-state index >= 15 is 0 Å². The van der Waals surface area contributed by atoms with Crippen LogP contribution in [0.25, 0.3) is 22.3 Å². The molecular weight excluding hydrogens is 406 g/mol. The minimum absolute atomic E-state index is 0.0289. The van der Waals surface area contributed by atoms with Crippen LogP contribution in [0.2, 0.25) is 0 Å². The Kier molecular flexibility index (Phi) is 4.27. The quantitative estimate of drug-likeness (QED) is 0.290. The molecule has 6 rings (SSSR count). The third-order valence-corrected chi connectivity index (χ3v) is 6.63. The maximum absolute atomic E-state index is 13.2. The molecule has 3 heteroatoms. The molecule has 5 aromatic rings. The first kappa shape index (κ1) is 19.6. The zero-order chi connectivity index (χ0) is 22.6. The predicted molar refractivity (Wildman–Crippen MR) is 135 cm³/mol. The first-order valence-corrected chi connectivity index (χ1v) is 11.2. The fourth-order valence-electron chi connectivity index (χ4n) is 5.06. The van der Waals surface area contributed by atoms with E-state index in [0.717, 1.165) is 28.2 Å². The third-order valence-electron chi connectivity index (χ3n) is 6.63. The Morgan fingerprint density at radius 1 is 0.727 bits per heavy atom. The molecule has 0 saturated heterocycles. The molecule has 0 radical (unpaired) electrons. The van der Waals surface area contributed by atoms with Gasteiger partial charge in [0, 0.05) is 28.3 Å².